The van der Waals surface area contributed by atoms with Crippen molar-refractivity contribution in [3.63, 3.8) is 0 Å². The summed E-state index contributed by atoms with van der Waals surface area (Å²) in [5.74, 6) is 2.15. The highest BCUT2D eigenvalue weighted by Crippen LogP contribution is 2.40. The van der Waals surface area contributed by atoms with Crippen LogP contribution in [0.5, 0.6) is 11.8 Å². The van der Waals surface area contributed by atoms with Crippen LogP contribution in [0.2, 0.25) is 0 Å². The van der Waals surface area contributed by atoms with Crippen LogP contribution in [0.3, 0.4) is 0 Å². The first-order valence-corrected chi connectivity index (χ1v) is 11.7. The predicted octanol–water partition coefficient (Wildman–Crippen LogP) is 4.34. The van der Waals surface area contributed by atoms with Gasteiger partial charge in [0.25, 0.3) is 0 Å². The van der Waals surface area contributed by atoms with Gasteiger partial charge >= 0.3 is 6.01 Å². The van der Waals surface area contributed by atoms with E-state index in [0.717, 1.165) is 42.4 Å². The van der Waals surface area contributed by atoms with Gasteiger partial charge in [-0.3, -0.25) is 5.10 Å². The number of halogens is 1. The Morgan fingerprint density at radius 1 is 1.15 bits per heavy atom. The molecular weight excluding hydrogens is 435 g/mol. The zero-order valence-corrected chi connectivity index (χ0v) is 19.2. The Bertz CT molecular complexity index is 1340. The molecule has 2 aliphatic rings. The van der Waals surface area contributed by atoms with Crippen LogP contribution >= 0.6 is 0 Å². The number of piperazine rings is 1. The van der Waals surface area contributed by atoms with Crippen molar-refractivity contribution in [3.05, 3.63) is 47.5 Å². The molecule has 0 spiro atoms. The predicted molar refractivity (Wildman–Crippen MR) is 129 cm³/mol. The average Bonchev–Trinajstić information content (AvgIpc) is 3.45. The molecule has 0 unspecified atom stereocenters. The number of aromatic nitrogens is 5. The van der Waals surface area contributed by atoms with Crippen molar-refractivity contribution < 1.29 is 9.13 Å². The molecule has 1 aromatic carbocycles. The molecule has 1 aliphatic carbocycles. The Balaban J connectivity index is 1.34. The number of rotatable bonds is 6. The molecule has 1 saturated carbocycles. The molecule has 0 bridgehead atoms. The van der Waals surface area contributed by atoms with E-state index >= 15 is 4.39 Å². The zero-order chi connectivity index (χ0) is 23.2. The van der Waals surface area contributed by atoms with Gasteiger partial charge in [0.05, 0.1) is 0 Å². The summed E-state index contributed by atoms with van der Waals surface area (Å²) in [7, 11) is 0. The van der Waals surface area contributed by atoms with Gasteiger partial charge in [-0.1, -0.05) is 0 Å². The Labute approximate surface area is 196 Å². The number of nitrogens with zero attached hydrogens (tertiary/aromatic N) is 4. The zero-order valence-electron chi connectivity index (χ0n) is 19.2. The van der Waals surface area contributed by atoms with E-state index in [2.05, 4.69) is 47.6 Å². The average molecular weight is 463 g/mol. The van der Waals surface area contributed by atoms with Crippen molar-refractivity contribution in [2.75, 3.05) is 29.9 Å². The van der Waals surface area contributed by atoms with Crippen LogP contribution in [0.1, 0.15) is 37.1 Å². The van der Waals surface area contributed by atoms with Crippen LogP contribution in [0.25, 0.3) is 10.9 Å². The highest BCUT2D eigenvalue weighted by Gasteiger charge is 2.26. The van der Waals surface area contributed by atoms with E-state index in [1.165, 1.54) is 12.8 Å². The lowest BCUT2D eigenvalue weighted by molar-refractivity contribution is 0.412. The van der Waals surface area contributed by atoms with E-state index in [-0.39, 0.29) is 17.8 Å². The van der Waals surface area contributed by atoms with Gasteiger partial charge in [-0.25, -0.2) is 4.39 Å². The van der Waals surface area contributed by atoms with Crippen LogP contribution in [0, 0.1) is 12.7 Å². The standard InChI is InChI=1S/C24H27FN8O/c1-13-9-16-17(27-13)5-6-19(23(16)25)34-24-29-20(28-21-10-18(31-32-21)15-3-4-15)11-22(30-24)33-8-7-26-12-14(33)2/h5-6,9-11,14-15,26-27H,3-4,7-8,12H2,1-2H3,(H2,28,29,30,31,32)/t14-/m1/s1. The minimum Gasteiger partial charge on any atom is -0.421 e. The van der Waals surface area contributed by atoms with E-state index in [1.54, 1.807) is 18.2 Å². The monoisotopic (exact) mass is 462 g/mol. The minimum atomic E-state index is -0.442. The molecule has 4 aromatic rings. The summed E-state index contributed by atoms with van der Waals surface area (Å²) in [6, 6.07) is 9.37. The Morgan fingerprint density at radius 3 is 2.85 bits per heavy atom. The number of ether oxygens (including phenoxy) is 1. The van der Waals surface area contributed by atoms with Crippen LogP contribution in [0.15, 0.2) is 30.3 Å². The van der Waals surface area contributed by atoms with Crippen LogP contribution in [-0.4, -0.2) is 50.8 Å². The number of fused-ring (bicyclic) bond motifs is 1. The normalized spacial score (nSPS) is 18.4. The third-order valence-corrected chi connectivity index (χ3v) is 6.40. The third-order valence-electron chi connectivity index (χ3n) is 6.40. The van der Waals surface area contributed by atoms with Crippen LogP contribution in [-0.2, 0) is 0 Å². The van der Waals surface area contributed by atoms with E-state index in [1.807, 2.05) is 19.1 Å². The maximum absolute atomic E-state index is 15.2. The summed E-state index contributed by atoms with van der Waals surface area (Å²) in [5.41, 5.74) is 2.73. The summed E-state index contributed by atoms with van der Waals surface area (Å²) in [6.45, 7) is 6.54. The van der Waals surface area contributed by atoms with Gasteiger partial charge in [0.1, 0.15) is 11.6 Å². The topological polar surface area (TPSA) is 107 Å². The Morgan fingerprint density at radius 2 is 2.03 bits per heavy atom. The molecule has 34 heavy (non-hydrogen) atoms. The van der Waals surface area contributed by atoms with Gasteiger partial charge in [-0.2, -0.15) is 15.1 Å². The van der Waals surface area contributed by atoms with Gasteiger partial charge < -0.3 is 25.3 Å². The number of aryl methyl sites for hydroxylation is 1. The molecule has 1 atom stereocenters. The molecule has 2 fully saturated rings. The number of hydrogen-bond acceptors (Lipinski definition) is 7. The molecule has 176 valence electrons. The minimum absolute atomic E-state index is 0.0780. The fourth-order valence-electron chi connectivity index (χ4n) is 4.45. The number of H-pyrrole nitrogens is 2. The van der Waals surface area contributed by atoms with Crippen molar-refractivity contribution in [2.24, 2.45) is 0 Å². The second-order valence-corrected chi connectivity index (χ2v) is 9.14. The van der Waals surface area contributed by atoms with E-state index in [4.69, 9.17) is 4.74 Å². The first kappa shape index (κ1) is 20.9. The fourth-order valence-corrected chi connectivity index (χ4v) is 4.45. The first-order chi connectivity index (χ1) is 16.5. The largest absolute Gasteiger partial charge is 0.421 e. The Hall–Kier alpha value is -3.66. The fraction of sp³-hybridized carbons (Fsp3) is 0.375. The number of anilines is 3. The third kappa shape index (κ3) is 4.05. The highest BCUT2D eigenvalue weighted by molar-refractivity contribution is 5.82. The van der Waals surface area contributed by atoms with Crippen molar-refractivity contribution in [2.45, 2.75) is 38.6 Å². The summed E-state index contributed by atoms with van der Waals surface area (Å²) >= 11 is 0. The summed E-state index contributed by atoms with van der Waals surface area (Å²) < 4.78 is 21.1. The quantitative estimate of drug-likeness (QED) is 0.338. The number of benzene rings is 1. The summed E-state index contributed by atoms with van der Waals surface area (Å²) in [4.78, 5) is 14.5. The van der Waals surface area contributed by atoms with Gasteiger partial charge in [0.15, 0.2) is 17.4 Å². The first-order valence-electron chi connectivity index (χ1n) is 11.7. The van der Waals surface area contributed by atoms with Crippen molar-refractivity contribution >= 4 is 28.4 Å². The number of nitrogens with one attached hydrogen (secondary N) is 4. The van der Waals surface area contributed by atoms with Crippen molar-refractivity contribution in [3.8, 4) is 11.8 Å². The van der Waals surface area contributed by atoms with Crippen molar-refractivity contribution in [1.29, 1.82) is 0 Å². The molecule has 1 aliphatic heterocycles. The molecule has 4 N–H and O–H groups in total. The molecule has 6 rings (SSSR count). The second kappa shape index (κ2) is 8.28. The van der Waals surface area contributed by atoms with Crippen LogP contribution < -0.4 is 20.3 Å². The lowest BCUT2D eigenvalue weighted by Crippen LogP contribution is -2.50. The maximum atomic E-state index is 15.2. The van der Waals surface area contributed by atoms with E-state index in [0.29, 0.717) is 22.9 Å². The lowest BCUT2D eigenvalue weighted by atomic mass is 10.2. The molecular formula is C24H27FN8O. The van der Waals surface area contributed by atoms with E-state index in [9.17, 15) is 0 Å². The van der Waals surface area contributed by atoms with Gasteiger partial charge in [0.2, 0.25) is 0 Å². The van der Waals surface area contributed by atoms with E-state index < -0.39 is 5.82 Å². The number of hydrogen-bond donors (Lipinski definition) is 4. The van der Waals surface area contributed by atoms with Crippen LogP contribution in [0.4, 0.5) is 21.8 Å². The number of aromatic amines is 2. The molecule has 3 aromatic heterocycles. The molecule has 4 heterocycles. The SMILES string of the molecule is Cc1cc2c(F)c(Oc3nc(Nc4cc(C5CC5)[nH]n4)cc(N4CCNC[C@H]4C)n3)ccc2[nH]1. The van der Waals surface area contributed by atoms with Gasteiger partial charge in [-0.05, 0) is 44.9 Å². The lowest BCUT2D eigenvalue weighted by Gasteiger charge is -2.35. The summed E-state index contributed by atoms with van der Waals surface area (Å²) in [5, 5.41) is 14.6. The second-order valence-electron chi connectivity index (χ2n) is 9.14. The maximum Gasteiger partial charge on any atom is 0.326 e. The molecule has 1 saturated heterocycles. The smallest absolute Gasteiger partial charge is 0.326 e. The summed E-state index contributed by atoms with van der Waals surface area (Å²) in [6.07, 6.45) is 2.38. The van der Waals surface area contributed by atoms with Crippen molar-refractivity contribution in [1.82, 2.24) is 30.5 Å². The molecule has 9 nitrogen and oxygen atoms in total. The molecule has 0 radical (unpaired) electrons. The molecule has 10 heteroatoms. The van der Waals surface area contributed by atoms with Gasteiger partial charge in [0, 0.05) is 66.0 Å². The highest BCUT2D eigenvalue weighted by atomic mass is 19.1. The van der Waals surface area contributed by atoms with Gasteiger partial charge in [-0.15, -0.1) is 0 Å². The Kier molecular flexibility index (Phi) is 5.09. The molecule has 0 amide bonds.